The molecular formula is C20H25NO7S. The van der Waals surface area contributed by atoms with Gasteiger partial charge in [0.05, 0.1) is 38.0 Å². The van der Waals surface area contributed by atoms with Gasteiger partial charge in [-0.05, 0) is 50.2 Å². The molecule has 2 rings (SSSR count). The Morgan fingerprint density at radius 1 is 0.931 bits per heavy atom. The van der Waals surface area contributed by atoms with Crippen LogP contribution >= 0.6 is 0 Å². The van der Waals surface area contributed by atoms with Gasteiger partial charge in [0.1, 0.15) is 23.8 Å². The summed E-state index contributed by atoms with van der Waals surface area (Å²) < 4.78 is 48.6. The topological polar surface area (TPSA) is 91.4 Å². The number of carbonyl (C=O) groups is 1. The standard InChI is InChI=1S/C20H25NO7S/c1-5-27-15-7-10-17(11-8-15)29(23,24)21(14-20(22)28-6-2)18-13-16(25-3)9-12-19(18)26-4/h7-13H,5-6,14H2,1-4H3. The Balaban J connectivity index is 2.56. The van der Waals surface area contributed by atoms with Gasteiger partial charge in [-0.2, -0.15) is 0 Å². The summed E-state index contributed by atoms with van der Waals surface area (Å²) in [7, 11) is -1.24. The van der Waals surface area contributed by atoms with E-state index in [4.69, 9.17) is 18.9 Å². The molecule has 29 heavy (non-hydrogen) atoms. The zero-order valence-corrected chi connectivity index (χ0v) is 17.7. The quantitative estimate of drug-likeness (QED) is 0.543. The van der Waals surface area contributed by atoms with Crippen LogP contribution in [-0.2, 0) is 19.6 Å². The maximum atomic E-state index is 13.4. The number of carbonyl (C=O) groups excluding carboxylic acids is 1. The number of sulfonamides is 1. The molecule has 0 N–H and O–H groups in total. The van der Waals surface area contributed by atoms with E-state index < -0.39 is 22.5 Å². The Hall–Kier alpha value is -2.94. The van der Waals surface area contributed by atoms with Gasteiger partial charge in [0, 0.05) is 6.07 Å². The van der Waals surface area contributed by atoms with Crippen LogP contribution in [0.25, 0.3) is 0 Å². The number of nitrogens with zero attached hydrogens (tertiary/aromatic N) is 1. The molecule has 0 aliphatic rings. The molecule has 0 bridgehead atoms. The predicted molar refractivity (Wildman–Crippen MR) is 108 cm³/mol. The summed E-state index contributed by atoms with van der Waals surface area (Å²) in [6.45, 7) is 3.55. The summed E-state index contributed by atoms with van der Waals surface area (Å²) in [6, 6.07) is 10.7. The lowest BCUT2D eigenvalue weighted by atomic mass is 10.2. The van der Waals surface area contributed by atoms with Crippen LogP contribution in [0.2, 0.25) is 0 Å². The first-order valence-electron chi connectivity index (χ1n) is 9.00. The molecule has 158 valence electrons. The van der Waals surface area contributed by atoms with Crippen molar-refractivity contribution in [2.45, 2.75) is 18.7 Å². The van der Waals surface area contributed by atoms with Gasteiger partial charge in [0.15, 0.2) is 0 Å². The van der Waals surface area contributed by atoms with Crippen molar-refractivity contribution in [1.82, 2.24) is 0 Å². The van der Waals surface area contributed by atoms with Crippen molar-refractivity contribution in [2.75, 3.05) is 38.3 Å². The minimum absolute atomic E-state index is 0.00451. The van der Waals surface area contributed by atoms with Crippen molar-refractivity contribution in [3.63, 3.8) is 0 Å². The fourth-order valence-corrected chi connectivity index (χ4v) is 4.03. The predicted octanol–water partition coefficient (Wildman–Crippen LogP) is 2.86. The molecule has 0 saturated carbocycles. The maximum absolute atomic E-state index is 13.4. The van der Waals surface area contributed by atoms with E-state index in [2.05, 4.69) is 0 Å². The minimum Gasteiger partial charge on any atom is -0.497 e. The van der Waals surface area contributed by atoms with Crippen LogP contribution in [0.5, 0.6) is 17.2 Å². The summed E-state index contributed by atoms with van der Waals surface area (Å²) in [5.74, 6) is 0.537. The Morgan fingerprint density at radius 2 is 1.59 bits per heavy atom. The van der Waals surface area contributed by atoms with Crippen LogP contribution in [0.1, 0.15) is 13.8 Å². The van der Waals surface area contributed by atoms with Gasteiger partial charge < -0.3 is 18.9 Å². The first-order chi connectivity index (χ1) is 13.9. The van der Waals surface area contributed by atoms with Crippen molar-refractivity contribution in [3.05, 3.63) is 42.5 Å². The molecule has 0 spiro atoms. The number of esters is 1. The molecule has 8 nitrogen and oxygen atoms in total. The molecule has 2 aromatic carbocycles. The SMILES string of the molecule is CCOC(=O)CN(c1cc(OC)ccc1OC)S(=O)(=O)c1ccc(OCC)cc1. The van der Waals surface area contributed by atoms with E-state index >= 15 is 0 Å². The van der Waals surface area contributed by atoms with E-state index in [1.807, 2.05) is 6.92 Å². The normalized spacial score (nSPS) is 10.9. The van der Waals surface area contributed by atoms with E-state index in [9.17, 15) is 13.2 Å². The van der Waals surface area contributed by atoms with E-state index in [-0.39, 0.29) is 22.9 Å². The second-order valence-electron chi connectivity index (χ2n) is 5.76. The number of ether oxygens (including phenoxy) is 4. The summed E-state index contributed by atoms with van der Waals surface area (Å²) in [4.78, 5) is 12.2. The van der Waals surface area contributed by atoms with Gasteiger partial charge in [-0.15, -0.1) is 0 Å². The number of hydrogen-bond donors (Lipinski definition) is 0. The maximum Gasteiger partial charge on any atom is 0.326 e. The zero-order valence-electron chi connectivity index (χ0n) is 16.9. The van der Waals surface area contributed by atoms with Crippen LogP contribution in [0.15, 0.2) is 47.4 Å². The highest BCUT2D eigenvalue weighted by molar-refractivity contribution is 7.92. The number of rotatable bonds is 10. The lowest BCUT2D eigenvalue weighted by molar-refractivity contribution is -0.141. The third-order valence-corrected chi connectivity index (χ3v) is 5.73. The van der Waals surface area contributed by atoms with Gasteiger partial charge >= 0.3 is 5.97 Å². The average molecular weight is 423 g/mol. The minimum atomic E-state index is -4.12. The highest BCUT2D eigenvalue weighted by Gasteiger charge is 2.30. The van der Waals surface area contributed by atoms with Gasteiger partial charge in [-0.3, -0.25) is 9.10 Å². The molecule has 0 aliphatic heterocycles. The third-order valence-electron chi connectivity index (χ3n) is 3.96. The van der Waals surface area contributed by atoms with Crippen LogP contribution in [0, 0.1) is 0 Å². The molecule has 0 radical (unpaired) electrons. The van der Waals surface area contributed by atoms with Crippen molar-refractivity contribution in [1.29, 1.82) is 0 Å². The average Bonchev–Trinajstić information content (AvgIpc) is 2.72. The Kier molecular flexibility index (Phi) is 7.72. The van der Waals surface area contributed by atoms with Gasteiger partial charge in [-0.25, -0.2) is 8.42 Å². The Labute approximate surface area is 171 Å². The number of hydrogen-bond acceptors (Lipinski definition) is 7. The molecular weight excluding hydrogens is 398 g/mol. The summed E-state index contributed by atoms with van der Waals surface area (Å²) in [5.41, 5.74) is 0.161. The molecule has 0 fully saturated rings. The summed E-state index contributed by atoms with van der Waals surface area (Å²) >= 11 is 0. The second kappa shape index (κ2) is 10.0. The first-order valence-corrected chi connectivity index (χ1v) is 10.4. The second-order valence-corrected chi connectivity index (χ2v) is 7.62. The summed E-state index contributed by atoms with van der Waals surface area (Å²) in [6.07, 6.45) is 0. The highest BCUT2D eigenvalue weighted by Crippen LogP contribution is 2.35. The zero-order chi connectivity index (χ0) is 21.4. The van der Waals surface area contributed by atoms with E-state index in [1.165, 1.54) is 32.4 Å². The molecule has 0 unspecified atom stereocenters. The fourth-order valence-electron chi connectivity index (χ4n) is 2.62. The molecule has 0 heterocycles. The van der Waals surface area contributed by atoms with E-state index in [1.54, 1.807) is 31.2 Å². The first kappa shape index (κ1) is 22.4. The molecule has 0 saturated heterocycles. The number of benzene rings is 2. The van der Waals surface area contributed by atoms with Crippen LogP contribution < -0.4 is 18.5 Å². The van der Waals surface area contributed by atoms with Crippen LogP contribution in [0.4, 0.5) is 5.69 Å². The van der Waals surface area contributed by atoms with Crippen molar-refractivity contribution in [3.8, 4) is 17.2 Å². The van der Waals surface area contributed by atoms with Crippen LogP contribution in [0.3, 0.4) is 0 Å². The molecule has 0 aromatic heterocycles. The lowest BCUT2D eigenvalue weighted by Gasteiger charge is -2.25. The van der Waals surface area contributed by atoms with Gasteiger partial charge in [0.2, 0.25) is 0 Å². The highest BCUT2D eigenvalue weighted by atomic mass is 32.2. The largest absolute Gasteiger partial charge is 0.497 e. The van der Waals surface area contributed by atoms with E-state index in [0.717, 1.165) is 4.31 Å². The van der Waals surface area contributed by atoms with Crippen molar-refractivity contribution >= 4 is 21.7 Å². The summed E-state index contributed by atoms with van der Waals surface area (Å²) in [5, 5.41) is 0. The van der Waals surface area contributed by atoms with Gasteiger partial charge in [0.25, 0.3) is 10.0 Å². The molecule has 0 amide bonds. The monoisotopic (exact) mass is 423 g/mol. The smallest absolute Gasteiger partial charge is 0.326 e. The van der Waals surface area contributed by atoms with E-state index in [0.29, 0.717) is 18.1 Å². The molecule has 2 aromatic rings. The molecule has 0 aliphatic carbocycles. The van der Waals surface area contributed by atoms with Gasteiger partial charge in [-0.1, -0.05) is 0 Å². The number of methoxy groups -OCH3 is 2. The Bertz CT molecular complexity index is 926. The fraction of sp³-hybridized carbons (Fsp3) is 0.350. The lowest BCUT2D eigenvalue weighted by Crippen LogP contribution is -2.37. The van der Waals surface area contributed by atoms with Crippen molar-refractivity contribution in [2.24, 2.45) is 0 Å². The third kappa shape index (κ3) is 5.32. The molecule has 0 atom stereocenters. The Morgan fingerprint density at radius 3 is 2.14 bits per heavy atom. The van der Waals surface area contributed by atoms with Crippen molar-refractivity contribution < 1.29 is 32.2 Å². The number of anilines is 1. The van der Waals surface area contributed by atoms with Crippen LogP contribution in [-0.4, -0.2) is 48.4 Å². The molecule has 9 heteroatoms.